The number of nitro groups is 1. The Hall–Kier alpha value is -2.24. The molecule has 0 bridgehead atoms. The number of carbonyl (C=O) groups is 2. The van der Waals surface area contributed by atoms with Crippen LogP contribution in [0.15, 0.2) is 24.3 Å². The molecule has 1 aliphatic carbocycles. The molecule has 106 valence electrons. The predicted octanol–water partition coefficient (Wildman–Crippen LogP) is 2.32. The molecule has 0 radical (unpaired) electrons. The highest BCUT2D eigenvalue weighted by atomic mass is 16.6. The Morgan fingerprint density at radius 2 is 2.00 bits per heavy atom. The number of Topliss-reactive ketones (excluding diaryl/α,β-unsaturated/α-hetero) is 1. The molecule has 1 aromatic rings. The zero-order valence-electron chi connectivity index (χ0n) is 11.2. The van der Waals surface area contributed by atoms with Crippen LogP contribution >= 0.6 is 0 Å². The Morgan fingerprint density at radius 1 is 1.35 bits per heavy atom. The first-order chi connectivity index (χ1) is 9.54. The molecule has 1 aromatic carbocycles. The molecule has 0 N–H and O–H groups in total. The number of benzene rings is 1. The standard InChI is InChI=1S/C14H16N2O4/c1-2-13(17)14(18)15(9-10-7-8-10)11-5-3-4-6-12(11)16(19)20/h3-6,10H,2,7-9H2,1H3. The smallest absolute Gasteiger partial charge is 0.294 e. The number of hydrogen-bond donors (Lipinski definition) is 0. The second-order valence-corrected chi connectivity index (χ2v) is 4.88. The molecule has 6 nitrogen and oxygen atoms in total. The van der Waals surface area contributed by atoms with Crippen LogP contribution in [0.5, 0.6) is 0 Å². The van der Waals surface area contributed by atoms with E-state index in [0.29, 0.717) is 12.5 Å². The van der Waals surface area contributed by atoms with Gasteiger partial charge in [0.05, 0.1) is 4.92 Å². The van der Waals surface area contributed by atoms with E-state index in [0.717, 1.165) is 12.8 Å². The maximum atomic E-state index is 12.2. The Kier molecular flexibility index (Phi) is 4.12. The molecule has 0 aliphatic heterocycles. The van der Waals surface area contributed by atoms with Gasteiger partial charge in [-0.05, 0) is 24.8 Å². The number of para-hydroxylation sites is 2. The van der Waals surface area contributed by atoms with Crippen molar-refractivity contribution in [2.45, 2.75) is 26.2 Å². The number of nitrogens with zero attached hydrogens (tertiary/aromatic N) is 2. The van der Waals surface area contributed by atoms with Crippen molar-refractivity contribution in [3.8, 4) is 0 Å². The third-order valence-corrected chi connectivity index (χ3v) is 3.31. The summed E-state index contributed by atoms with van der Waals surface area (Å²) in [6, 6.07) is 6.04. The molecule has 0 saturated heterocycles. The number of hydrogen-bond acceptors (Lipinski definition) is 4. The molecule has 0 aromatic heterocycles. The zero-order valence-corrected chi connectivity index (χ0v) is 11.2. The van der Waals surface area contributed by atoms with Crippen LogP contribution in [0.2, 0.25) is 0 Å². The van der Waals surface area contributed by atoms with Crippen molar-refractivity contribution in [3.63, 3.8) is 0 Å². The van der Waals surface area contributed by atoms with Gasteiger partial charge in [0, 0.05) is 19.0 Å². The SMILES string of the molecule is CCC(=O)C(=O)N(CC1CC1)c1ccccc1[N+](=O)[O-]. The first kappa shape index (κ1) is 14.2. The fourth-order valence-corrected chi connectivity index (χ4v) is 2.00. The summed E-state index contributed by atoms with van der Waals surface area (Å²) in [6.45, 7) is 1.98. The van der Waals surface area contributed by atoms with E-state index in [-0.39, 0.29) is 17.8 Å². The van der Waals surface area contributed by atoms with Crippen molar-refractivity contribution < 1.29 is 14.5 Å². The van der Waals surface area contributed by atoms with Crippen LogP contribution in [0.1, 0.15) is 26.2 Å². The van der Waals surface area contributed by atoms with Crippen molar-refractivity contribution in [2.24, 2.45) is 5.92 Å². The number of nitro benzene ring substituents is 1. The zero-order chi connectivity index (χ0) is 14.7. The lowest BCUT2D eigenvalue weighted by atomic mass is 10.2. The second kappa shape index (κ2) is 5.81. The maximum Gasteiger partial charge on any atom is 0.294 e. The Morgan fingerprint density at radius 3 is 2.55 bits per heavy atom. The van der Waals surface area contributed by atoms with Gasteiger partial charge in [0.1, 0.15) is 5.69 Å². The summed E-state index contributed by atoms with van der Waals surface area (Å²) in [5.41, 5.74) is 0.0570. The molecule has 2 rings (SSSR count). The first-order valence-corrected chi connectivity index (χ1v) is 6.62. The van der Waals surface area contributed by atoms with Gasteiger partial charge in [-0.1, -0.05) is 19.1 Å². The van der Waals surface area contributed by atoms with Gasteiger partial charge in [0.2, 0.25) is 5.78 Å². The van der Waals surface area contributed by atoms with Crippen LogP contribution in [0.25, 0.3) is 0 Å². The quantitative estimate of drug-likeness (QED) is 0.453. The average Bonchev–Trinajstić information content (AvgIpc) is 3.27. The molecule has 0 spiro atoms. The second-order valence-electron chi connectivity index (χ2n) is 4.88. The normalized spacial score (nSPS) is 13.8. The van der Waals surface area contributed by atoms with Crippen LogP contribution in [0.4, 0.5) is 11.4 Å². The van der Waals surface area contributed by atoms with Gasteiger partial charge in [-0.3, -0.25) is 24.6 Å². The molecule has 20 heavy (non-hydrogen) atoms. The van der Waals surface area contributed by atoms with Gasteiger partial charge in [0.15, 0.2) is 0 Å². The van der Waals surface area contributed by atoms with Crippen molar-refractivity contribution in [3.05, 3.63) is 34.4 Å². The third-order valence-electron chi connectivity index (χ3n) is 3.31. The molecule has 0 unspecified atom stereocenters. The minimum absolute atomic E-state index is 0.0978. The first-order valence-electron chi connectivity index (χ1n) is 6.62. The van der Waals surface area contributed by atoms with Gasteiger partial charge in [-0.2, -0.15) is 0 Å². The highest BCUT2D eigenvalue weighted by molar-refractivity contribution is 6.41. The number of ketones is 1. The van der Waals surface area contributed by atoms with Crippen LogP contribution in [-0.2, 0) is 9.59 Å². The number of rotatable bonds is 6. The molecular weight excluding hydrogens is 260 g/mol. The molecule has 1 saturated carbocycles. The number of amides is 1. The van der Waals surface area contributed by atoms with Crippen molar-refractivity contribution in [1.82, 2.24) is 0 Å². The van der Waals surface area contributed by atoms with Crippen LogP contribution in [0.3, 0.4) is 0 Å². The summed E-state index contributed by atoms with van der Waals surface area (Å²) in [6.07, 6.45) is 2.08. The average molecular weight is 276 g/mol. The fraction of sp³-hybridized carbons (Fsp3) is 0.429. The lowest BCUT2D eigenvalue weighted by Crippen LogP contribution is -2.38. The Balaban J connectivity index is 2.37. The molecule has 0 atom stereocenters. The van der Waals surface area contributed by atoms with Crippen molar-refractivity contribution >= 4 is 23.1 Å². The summed E-state index contributed by atoms with van der Waals surface area (Å²) in [4.78, 5) is 35.6. The minimum Gasteiger partial charge on any atom is -0.299 e. The summed E-state index contributed by atoms with van der Waals surface area (Å²) in [7, 11) is 0. The van der Waals surface area contributed by atoms with Gasteiger partial charge in [-0.15, -0.1) is 0 Å². The molecule has 1 fully saturated rings. The Labute approximate surface area is 116 Å². The van der Waals surface area contributed by atoms with E-state index in [9.17, 15) is 19.7 Å². The maximum absolute atomic E-state index is 12.2. The van der Waals surface area contributed by atoms with E-state index in [1.807, 2.05) is 0 Å². The number of carbonyl (C=O) groups excluding carboxylic acids is 2. The molecule has 6 heteroatoms. The predicted molar refractivity (Wildman–Crippen MR) is 73.5 cm³/mol. The topological polar surface area (TPSA) is 80.5 Å². The molecule has 0 heterocycles. The number of anilines is 1. The largest absolute Gasteiger partial charge is 0.299 e. The minimum atomic E-state index is -0.659. The van der Waals surface area contributed by atoms with E-state index in [4.69, 9.17) is 0 Å². The highest BCUT2D eigenvalue weighted by Gasteiger charge is 2.33. The van der Waals surface area contributed by atoms with Gasteiger partial charge in [0.25, 0.3) is 11.6 Å². The molecule has 1 aliphatic rings. The molecular formula is C14H16N2O4. The van der Waals surface area contributed by atoms with Crippen LogP contribution < -0.4 is 4.90 Å². The Bertz CT molecular complexity index is 552. The molecule has 1 amide bonds. The lowest BCUT2D eigenvalue weighted by Gasteiger charge is -2.21. The van der Waals surface area contributed by atoms with Crippen LogP contribution in [-0.4, -0.2) is 23.2 Å². The summed E-state index contributed by atoms with van der Waals surface area (Å²) >= 11 is 0. The van der Waals surface area contributed by atoms with Crippen LogP contribution in [0, 0.1) is 16.0 Å². The monoisotopic (exact) mass is 276 g/mol. The fourth-order valence-electron chi connectivity index (χ4n) is 2.00. The van der Waals surface area contributed by atoms with E-state index in [1.165, 1.54) is 17.0 Å². The van der Waals surface area contributed by atoms with E-state index in [2.05, 4.69) is 0 Å². The summed E-state index contributed by atoms with van der Waals surface area (Å²) in [5.74, 6) is -0.846. The van der Waals surface area contributed by atoms with E-state index < -0.39 is 16.6 Å². The summed E-state index contributed by atoms with van der Waals surface area (Å²) < 4.78 is 0. The highest BCUT2D eigenvalue weighted by Crippen LogP contribution is 2.34. The van der Waals surface area contributed by atoms with Crippen molar-refractivity contribution in [1.29, 1.82) is 0 Å². The van der Waals surface area contributed by atoms with Gasteiger partial charge >= 0.3 is 0 Å². The van der Waals surface area contributed by atoms with E-state index >= 15 is 0 Å². The third kappa shape index (κ3) is 3.01. The van der Waals surface area contributed by atoms with Gasteiger partial charge in [-0.25, -0.2) is 0 Å². The van der Waals surface area contributed by atoms with Crippen molar-refractivity contribution in [2.75, 3.05) is 11.4 Å². The summed E-state index contributed by atoms with van der Waals surface area (Å²) in [5, 5.41) is 11.1. The lowest BCUT2D eigenvalue weighted by molar-refractivity contribution is -0.384. The van der Waals surface area contributed by atoms with E-state index in [1.54, 1.807) is 19.1 Å². The van der Waals surface area contributed by atoms with Gasteiger partial charge < -0.3 is 0 Å².